The second kappa shape index (κ2) is 11.3. The minimum atomic E-state index is -0.340. The van der Waals surface area contributed by atoms with E-state index in [9.17, 15) is 14.0 Å². The van der Waals surface area contributed by atoms with Crippen LogP contribution < -0.4 is 16.4 Å². The van der Waals surface area contributed by atoms with E-state index in [1.165, 1.54) is 6.07 Å². The molecule has 2 aromatic heterocycles. The van der Waals surface area contributed by atoms with E-state index >= 15 is 0 Å². The number of amides is 2. The lowest BCUT2D eigenvalue weighted by atomic mass is 9.86. The first-order valence-electron chi connectivity index (χ1n) is 12.1. The van der Waals surface area contributed by atoms with Gasteiger partial charge in [-0.15, -0.1) is 10.2 Å². The summed E-state index contributed by atoms with van der Waals surface area (Å²) in [6, 6.07) is 8.36. The van der Waals surface area contributed by atoms with Gasteiger partial charge in [-0.05, 0) is 80.0 Å². The van der Waals surface area contributed by atoms with E-state index in [0.717, 1.165) is 31.2 Å². The molecule has 0 spiro atoms. The standard InChI is InChI=1S/C25H31FN8O2/c1-15-9-18(5-8-21(15)26)13-28-25(36)22-11-19(10-16(2)29-22)24-31-33-34(32-24)14-17-3-6-20(7-4-17)30-23(35)12-27/h5,8-11,17,20H,3-4,6-7,12-14,27H2,1-2H3,(H,28,36)(H,30,35)/t17-,20-. The number of hydrogen-bond acceptors (Lipinski definition) is 7. The summed E-state index contributed by atoms with van der Waals surface area (Å²) in [6.45, 7) is 4.40. The van der Waals surface area contributed by atoms with Crippen molar-refractivity contribution in [2.75, 3.05) is 6.54 Å². The van der Waals surface area contributed by atoms with Gasteiger partial charge in [-0.25, -0.2) is 9.37 Å². The summed E-state index contributed by atoms with van der Waals surface area (Å²) < 4.78 is 13.5. The first-order valence-corrected chi connectivity index (χ1v) is 12.1. The molecule has 10 nitrogen and oxygen atoms in total. The largest absolute Gasteiger partial charge is 0.352 e. The molecule has 0 aliphatic heterocycles. The molecule has 190 valence electrons. The van der Waals surface area contributed by atoms with Gasteiger partial charge in [-0.1, -0.05) is 12.1 Å². The minimum Gasteiger partial charge on any atom is -0.352 e. The van der Waals surface area contributed by atoms with Gasteiger partial charge in [0.25, 0.3) is 5.91 Å². The van der Waals surface area contributed by atoms with Crippen molar-refractivity contribution in [3.63, 3.8) is 0 Å². The first kappa shape index (κ1) is 25.4. The smallest absolute Gasteiger partial charge is 0.270 e. The number of benzene rings is 1. The summed E-state index contributed by atoms with van der Waals surface area (Å²) >= 11 is 0. The predicted molar refractivity (Wildman–Crippen MR) is 131 cm³/mol. The fourth-order valence-electron chi connectivity index (χ4n) is 4.45. The summed E-state index contributed by atoms with van der Waals surface area (Å²) in [5.41, 5.74) is 8.27. The number of hydrogen-bond donors (Lipinski definition) is 3. The lowest BCUT2D eigenvalue weighted by Crippen LogP contribution is -2.41. The Kier molecular flexibility index (Phi) is 7.99. The molecule has 0 saturated heterocycles. The van der Waals surface area contributed by atoms with E-state index in [-0.39, 0.29) is 42.5 Å². The highest BCUT2D eigenvalue weighted by Crippen LogP contribution is 2.25. The Bertz CT molecular complexity index is 1240. The number of rotatable bonds is 8. The van der Waals surface area contributed by atoms with Gasteiger partial charge >= 0.3 is 0 Å². The van der Waals surface area contributed by atoms with Crippen LogP contribution in [-0.4, -0.2) is 49.6 Å². The average Bonchev–Trinajstić information content (AvgIpc) is 3.34. The van der Waals surface area contributed by atoms with Gasteiger partial charge in [-0.2, -0.15) is 4.80 Å². The molecule has 2 heterocycles. The van der Waals surface area contributed by atoms with Gasteiger partial charge in [0.2, 0.25) is 11.7 Å². The Morgan fingerprint density at radius 3 is 2.64 bits per heavy atom. The number of pyridine rings is 1. The molecule has 4 N–H and O–H groups in total. The maximum absolute atomic E-state index is 13.5. The van der Waals surface area contributed by atoms with Gasteiger partial charge < -0.3 is 16.4 Å². The highest BCUT2D eigenvalue weighted by Gasteiger charge is 2.23. The molecule has 11 heteroatoms. The van der Waals surface area contributed by atoms with Crippen LogP contribution in [0.3, 0.4) is 0 Å². The molecule has 0 atom stereocenters. The maximum Gasteiger partial charge on any atom is 0.270 e. The zero-order valence-electron chi connectivity index (χ0n) is 20.5. The minimum absolute atomic E-state index is 0.0113. The highest BCUT2D eigenvalue weighted by atomic mass is 19.1. The second-order valence-corrected chi connectivity index (χ2v) is 9.31. The highest BCUT2D eigenvalue weighted by molar-refractivity contribution is 5.93. The van der Waals surface area contributed by atoms with Crippen LogP contribution in [-0.2, 0) is 17.9 Å². The number of nitrogens with zero attached hydrogens (tertiary/aromatic N) is 5. The molecule has 2 amide bonds. The molecule has 1 saturated carbocycles. The SMILES string of the molecule is Cc1cc(-c2nnn(C[C@H]3CC[C@H](NC(=O)CN)CC3)n2)cc(C(=O)NCc2ccc(F)c(C)c2)n1. The molecule has 1 aliphatic rings. The van der Waals surface area contributed by atoms with Gasteiger partial charge in [0.1, 0.15) is 11.5 Å². The van der Waals surface area contributed by atoms with Crippen LogP contribution in [0.1, 0.15) is 53.0 Å². The van der Waals surface area contributed by atoms with Crippen LogP contribution >= 0.6 is 0 Å². The van der Waals surface area contributed by atoms with E-state index in [2.05, 4.69) is 31.0 Å². The molecular weight excluding hydrogens is 463 g/mol. The van der Waals surface area contributed by atoms with Crippen LogP contribution in [0, 0.1) is 25.6 Å². The van der Waals surface area contributed by atoms with Gasteiger partial charge in [-0.3, -0.25) is 9.59 Å². The zero-order valence-corrected chi connectivity index (χ0v) is 20.5. The monoisotopic (exact) mass is 494 g/mol. The lowest BCUT2D eigenvalue weighted by Gasteiger charge is -2.28. The summed E-state index contributed by atoms with van der Waals surface area (Å²) in [4.78, 5) is 30.2. The van der Waals surface area contributed by atoms with Gasteiger partial charge in [0.15, 0.2) is 0 Å². The lowest BCUT2D eigenvalue weighted by molar-refractivity contribution is -0.120. The number of nitrogens with one attached hydrogen (secondary N) is 2. The number of nitrogens with two attached hydrogens (primary N) is 1. The normalized spacial score (nSPS) is 17.6. The van der Waals surface area contributed by atoms with Crippen molar-refractivity contribution in [2.45, 2.75) is 58.7 Å². The van der Waals surface area contributed by atoms with Crippen LogP contribution in [0.2, 0.25) is 0 Å². The number of tetrazole rings is 1. The van der Waals surface area contributed by atoms with Crippen molar-refractivity contribution in [3.8, 4) is 11.4 Å². The number of halogens is 1. The van der Waals surface area contributed by atoms with Crippen molar-refractivity contribution < 1.29 is 14.0 Å². The molecule has 3 aromatic rings. The van der Waals surface area contributed by atoms with Gasteiger partial charge in [0, 0.05) is 23.8 Å². The number of aromatic nitrogens is 5. The third-order valence-corrected chi connectivity index (χ3v) is 6.39. The second-order valence-electron chi connectivity index (χ2n) is 9.31. The van der Waals surface area contributed by atoms with E-state index in [1.807, 2.05) is 6.07 Å². The molecule has 0 bridgehead atoms. The molecule has 1 fully saturated rings. The fourth-order valence-corrected chi connectivity index (χ4v) is 4.45. The molecule has 1 aliphatic carbocycles. The van der Waals surface area contributed by atoms with Crippen molar-refractivity contribution in [3.05, 3.63) is 58.7 Å². The Hall–Kier alpha value is -3.73. The Morgan fingerprint density at radius 2 is 1.92 bits per heavy atom. The molecule has 0 radical (unpaired) electrons. The van der Waals surface area contributed by atoms with E-state index < -0.39 is 0 Å². The Labute approximate surface area is 208 Å². The van der Waals surface area contributed by atoms with Crippen molar-refractivity contribution in [1.82, 2.24) is 35.8 Å². The van der Waals surface area contributed by atoms with Crippen molar-refractivity contribution in [1.29, 1.82) is 0 Å². The van der Waals surface area contributed by atoms with E-state index in [1.54, 1.807) is 36.8 Å². The van der Waals surface area contributed by atoms with Crippen LogP contribution in [0.4, 0.5) is 4.39 Å². The van der Waals surface area contributed by atoms with E-state index in [0.29, 0.717) is 35.1 Å². The van der Waals surface area contributed by atoms with Crippen LogP contribution in [0.15, 0.2) is 30.3 Å². The topological polar surface area (TPSA) is 141 Å². The van der Waals surface area contributed by atoms with Crippen LogP contribution in [0.5, 0.6) is 0 Å². The average molecular weight is 495 g/mol. The fraction of sp³-hybridized carbons (Fsp3) is 0.440. The number of carbonyl (C=O) groups is 2. The third-order valence-electron chi connectivity index (χ3n) is 6.39. The van der Waals surface area contributed by atoms with Gasteiger partial charge in [0.05, 0.1) is 13.1 Å². The van der Waals surface area contributed by atoms with Crippen molar-refractivity contribution >= 4 is 11.8 Å². The summed E-state index contributed by atoms with van der Waals surface area (Å²) in [5.74, 6) is 0.0840. The zero-order chi connectivity index (χ0) is 25.7. The maximum atomic E-state index is 13.5. The molecule has 1 aromatic carbocycles. The third kappa shape index (κ3) is 6.48. The predicted octanol–water partition coefficient (Wildman–Crippen LogP) is 2.05. The van der Waals surface area contributed by atoms with E-state index in [4.69, 9.17) is 5.73 Å². The molecule has 0 unspecified atom stereocenters. The Balaban J connectivity index is 1.36. The number of carbonyl (C=O) groups excluding carboxylic acids is 2. The van der Waals surface area contributed by atoms with Crippen molar-refractivity contribution in [2.24, 2.45) is 11.7 Å². The first-order chi connectivity index (χ1) is 17.3. The van der Waals surface area contributed by atoms with Crippen LogP contribution in [0.25, 0.3) is 11.4 Å². The molecule has 4 rings (SSSR count). The Morgan fingerprint density at radius 1 is 1.14 bits per heavy atom. The molecular formula is C25H31FN8O2. The summed E-state index contributed by atoms with van der Waals surface area (Å²) in [7, 11) is 0. The molecule has 36 heavy (non-hydrogen) atoms. The summed E-state index contributed by atoms with van der Waals surface area (Å²) in [5, 5.41) is 18.7. The number of aryl methyl sites for hydroxylation is 2. The quantitative estimate of drug-likeness (QED) is 0.435. The summed E-state index contributed by atoms with van der Waals surface area (Å²) in [6.07, 6.45) is 3.71.